The zero-order valence-electron chi connectivity index (χ0n) is 18.1. The average Bonchev–Trinajstić information content (AvgIpc) is 2.75. The molecule has 0 aliphatic carbocycles. The molecule has 178 valence electrons. The second-order valence-electron chi connectivity index (χ2n) is 7.09. The number of rotatable bonds is 6. The van der Waals surface area contributed by atoms with E-state index in [2.05, 4.69) is 50.5 Å². The van der Waals surface area contributed by atoms with Gasteiger partial charge >= 0.3 is 6.01 Å². The number of hydrogen-bond donors (Lipinski definition) is 1. The van der Waals surface area contributed by atoms with E-state index >= 15 is 0 Å². The molecule has 32 heavy (non-hydrogen) atoms. The molecule has 1 aliphatic rings. The number of nitrogens with zero attached hydrogens (tertiary/aromatic N) is 3. The number of methoxy groups -OCH3 is 2. The molecule has 3 N–H and O–H groups in total. The first-order chi connectivity index (χ1) is 13.8. The zero-order valence-corrected chi connectivity index (χ0v) is 20.6. The van der Waals surface area contributed by atoms with Crippen molar-refractivity contribution in [3.05, 3.63) is 54.1 Å². The van der Waals surface area contributed by atoms with Gasteiger partial charge in [-0.15, -0.1) is 37.2 Å². The topological polar surface area (TPSA) is 91.0 Å². The Morgan fingerprint density at radius 3 is 2.22 bits per heavy atom. The largest absolute Gasteiger partial charge is 0.496 e. The van der Waals surface area contributed by atoms with Crippen molar-refractivity contribution in [3.63, 3.8) is 0 Å². The number of nitrogens with one attached hydrogen (secondary N) is 1. The summed E-state index contributed by atoms with van der Waals surface area (Å²) in [4.78, 5) is 11.5. The Bertz CT molecular complexity index is 942. The van der Waals surface area contributed by atoms with Gasteiger partial charge in [-0.25, -0.2) is 0 Å². The Labute approximate surface area is 207 Å². The van der Waals surface area contributed by atoms with Crippen molar-refractivity contribution in [2.75, 3.05) is 32.6 Å². The second-order valence-corrected chi connectivity index (χ2v) is 7.09. The van der Waals surface area contributed by atoms with Crippen LogP contribution in [0.25, 0.3) is 10.9 Å². The van der Waals surface area contributed by atoms with Crippen LogP contribution < -0.4 is 14.8 Å². The van der Waals surface area contributed by atoms with Gasteiger partial charge in [0.25, 0.3) is 0 Å². The number of hydrogen-bond acceptors (Lipinski definition) is 6. The van der Waals surface area contributed by atoms with E-state index in [9.17, 15) is 0 Å². The van der Waals surface area contributed by atoms with E-state index < -0.39 is 0 Å². The van der Waals surface area contributed by atoms with E-state index in [1.807, 2.05) is 18.2 Å². The van der Waals surface area contributed by atoms with Crippen LogP contribution >= 0.6 is 37.2 Å². The van der Waals surface area contributed by atoms with Gasteiger partial charge in [0.15, 0.2) is 0 Å². The Kier molecular flexibility index (Phi) is 13.3. The van der Waals surface area contributed by atoms with Gasteiger partial charge in [-0.1, -0.05) is 36.4 Å². The first kappa shape index (κ1) is 30.0. The summed E-state index contributed by atoms with van der Waals surface area (Å²) in [5.41, 5.74) is 2.18. The molecule has 0 spiro atoms. The molecule has 10 heteroatoms. The first-order valence-corrected chi connectivity index (χ1v) is 9.68. The van der Waals surface area contributed by atoms with Crippen LogP contribution in [0, 0.1) is 0 Å². The third-order valence-corrected chi connectivity index (χ3v) is 5.24. The highest BCUT2D eigenvalue weighted by atomic mass is 35.5. The fourth-order valence-electron chi connectivity index (χ4n) is 3.77. The number of fused-ring (bicyclic) bond motifs is 1. The minimum Gasteiger partial charge on any atom is -0.496 e. The van der Waals surface area contributed by atoms with Crippen LogP contribution in [0.2, 0.25) is 0 Å². The van der Waals surface area contributed by atoms with Crippen LogP contribution in [0.3, 0.4) is 0 Å². The molecular weight excluding hydrogens is 475 g/mol. The number of benzene rings is 2. The van der Waals surface area contributed by atoms with Crippen LogP contribution in [0.15, 0.2) is 48.5 Å². The molecule has 1 aliphatic heterocycles. The van der Waals surface area contributed by atoms with Crippen molar-refractivity contribution in [2.24, 2.45) is 0 Å². The molecule has 7 nitrogen and oxygen atoms in total. The number of ether oxygens (including phenoxy) is 2. The van der Waals surface area contributed by atoms with Crippen molar-refractivity contribution in [2.45, 2.75) is 25.4 Å². The van der Waals surface area contributed by atoms with Gasteiger partial charge < -0.3 is 20.3 Å². The van der Waals surface area contributed by atoms with Crippen LogP contribution in [-0.4, -0.2) is 53.7 Å². The first-order valence-electron chi connectivity index (χ1n) is 9.68. The summed E-state index contributed by atoms with van der Waals surface area (Å²) in [6, 6.07) is 17.2. The van der Waals surface area contributed by atoms with Gasteiger partial charge in [0.05, 0.1) is 25.1 Å². The predicted octanol–water partition coefficient (Wildman–Crippen LogP) is 4.16. The van der Waals surface area contributed by atoms with E-state index in [1.165, 1.54) is 5.56 Å². The molecule has 0 unspecified atom stereocenters. The maximum atomic E-state index is 5.55. The van der Waals surface area contributed by atoms with E-state index in [0.717, 1.165) is 54.9 Å². The lowest BCUT2D eigenvalue weighted by atomic mass is 10.0. The molecule has 0 bridgehead atoms. The molecule has 3 aromatic rings. The van der Waals surface area contributed by atoms with Crippen molar-refractivity contribution < 1.29 is 14.9 Å². The smallest absolute Gasteiger partial charge is 0.318 e. The molecule has 0 atom stereocenters. The molecule has 1 saturated heterocycles. The van der Waals surface area contributed by atoms with E-state index in [1.54, 1.807) is 14.2 Å². The highest BCUT2D eigenvalue weighted by Crippen LogP contribution is 2.32. The Balaban J connectivity index is 0.00000240. The molecule has 4 rings (SSSR count). The quantitative estimate of drug-likeness (QED) is 0.541. The average molecular weight is 506 g/mol. The Morgan fingerprint density at radius 2 is 1.59 bits per heavy atom. The lowest BCUT2D eigenvalue weighted by Gasteiger charge is -2.32. The molecule has 0 amide bonds. The van der Waals surface area contributed by atoms with Crippen LogP contribution in [0.4, 0.5) is 5.82 Å². The SMILES string of the molecule is COc1nc(NC2CCN(Cc3ccccc3)CC2)c2c(OC)cccc2n1.Cl.Cl.Cl.O. The van der Waals surface area contributed by atoms with Crippen molar-refractivity contribution in [3.8, 4) is 11.8 Å². The normalized spacial score (nSPS) is 13.6. The zero-order chi connectivity index (χ0) is 19.3. The summed E-state index contributed by atoms with van der Waals surface area (Å²) >= 11 is 0. The maximum absolute atomic E-state index is 5.55. The number of piperidine rings is 1. The summed E-state index contributed by atoms with van der Waals surface area (Å²) in [5, 5.41) is 4.52. The van der Waals surface area contributed by atoms with Crippen LogP contribution in [0.1, 0.15) is 18.4 Å². The predicted molar refractivity (Wildman–Crippen MR) is 136 cm³/mol. The number of aromatic nitrogens is 2. The summed E-state index contributed by atoms with van der Waals surface area (Å²) < 4.78 is 10.8. The number of halogens is 3. The lowest BCUT2D eigenvalue weighted by Crippen LogP contribution is -2.38. The minimum atomic E-state index is 0. The third-order valence-electron chi connectivity index (χ3n) is 5.24. The van der Waals surface area contributed by atoms with Crippen LogP contribution in [0.5, 0.6) is 11.8 Å². The Hall–Kier alpha value is -2.03. The number of likely N-dealkylation sites (tertiary alicyclic amines) is 1. The molecule has 2 aromatic carbocycles. The van der Waals surface area contributed by atoms with E-state index in [-0.39, 0.29) is 42.7 Å². The highest BCUT2D eigenvalue weighted by molar-refractivity contribution is 5.95. The molecule has 2 heterocycles. The molecule has 1 fully saturated rings. The van der Waals surface area contributed by atoms with Crippen molar-refractivity contribution in [1.29, 1.82) is 0 Å². The maximum Gasteiger partial charge on any atom is 0.318 e. The minimum absolute atomic E-state index is 0. The summed E-state index contributed by atoms with van der Waals surface area (Å²) in [6.45, 7) is 3.12. The van der Waals surface area contributed by atoms with E-state index in [0.29, 0.717) is 12.1 Å². The third kappa shape index (κ3) is 6.98. The molecule has 0 radical (unpaired) electrons. The fraction of sp³-hybridized carbons (Fsp3) is 0.364. The van der Waals surface area contributed by atoms with Gasteiger partial charge in [-0.3, -0.25) is 4.90 Å². The van der Waals surface area contributed by atoms with Crippen LogP contribution in [-0.2, 0) is 6.54 Å². The summed E-state index contributed by atoms with van der Waals surface area (Å²) in [7, 11) is 3.26. The van der Waals surface area contributed by atoms with Gasteiger partial charge in [0.1, 0.15) is 11.6 Å². The fourth-order valence-corrected chi connectivity index (χ4v) is 3.77. The second kappa shape index (κ2) is 14.2. The monoisotopic (exact) mass is 504 g/mol. The standard InChI is InChI=1S/C22H26N4O2.3ClH.H2O/c1-27-19-10-6-9-18-20(19)21(25-22(24-18)28-2)23-17-11-13-26(14-12-17)15-16-7-4-3-5-8-16;;;;/h3-10,17H,11-15H2,1-2H3,(H,23,24,25);3*1H;1H2. The summed E-state index contributed by atoms with van der Waals surface area (Å²) in [5.74, 6) is 1.55. The molecular formula is C22H31Cl3N4O3. The molecule has 1 aromatic heterocycles. The Morgan fingerprint density at radius 1 is 0.906 bits per heavy atom. The van der Waals surface area contributed by atoms with Crippen molar-refractivity contribution in [1.82, 2.24) is 14.9 Å². The highest BCUT2D eigenvalue weighted by Gasteiger charge is 2.21. The van der Waals surface area contributed by atoms with Gasteiger partial charge in [-0.05, 0) is 30.5 Å². The van der Waals surface area contributed by atoms with Gasteiger partial charge in [-0.2, -0.15) is 9.97 Å². The van der Waals surface area contributed by atoms with E-state index in [4.69, 9.17) is 9.47 Å². The lowest BCUT2D eigenvalue weighted by molar-refractivity contribution is 0.211. The van der Waals surface area contributed by atoms with Crippen molar-refractivity contribution >= 4 is 53.9 Å². The summed E-state index contributed by atoms with van der Waals surface area (Å²) in [6.07, 6.45) is 2.13. The van der Waals surface area contributed by atoms with Gasteiger partial charge in [0.2, 0.25) is 0 Å². The van der Waals surface area contributed by atoms with Gasteiger partial charge in [0, 0.05) is 25.7 Å². The number of anilines is 1. The molecule has 0 saturated carbocycles.